The van der Waals surface area contributed by atoms with E-state index in [-0.39, 0.29) is 17.6 Å². The zero-order valence-electron chi connectivity index (χ0n) is 17.6. The molecule has 1 aliphatic rings. The Bertz CT molecular complexity index is 1090. The van der Waals surface area contributed by atoms with Crippen LogP contribution in [0.25, 0.3) is 11.5 Å². The Morgan fingerprint density at radius 2 is 1.50 bits per heavy atom. The van der Waals surface area contributed by atoms with E-state index in [1.165, 1.54) is 23.8 Å². The van der Waals surface area contributed by atoms with Crippen molar-refractivity contribution in [2.75, 3.05) is 26.2 Å². The van der Waals surface area contributed by atoms with E-state index in [4.69, 9.17) is 8.83 Å². The Morgan fingerprint density at radius 3 is 2.09 bits per heavy atom. The van der Waals surface area contributed by atoms with Gasteiger partial charge in [0.1, 0.15) is 0 Å². The van der Waals surface area contributed by atoms with Crippen molar-refractivity contribution in [3.8, 4) is 11.5 Å². The molecule has 7 nitrogen and oxygen atoms in total. The minimum absolute atomic E-state index is 0.177. The van der Waals surface area contributed by atoms with Crippen LogP contribution in [0.2, 0.25) is 0 Å². The molecule has 1 N–H and O–H groups in total. The Morgan fingerprint density at radius 1 is 0.844 bits per heavy atom. The number of furan rings is 1. The highest BCUT2D eigenvalue weighted by molar-refractivity contribution is 5.96. The first-order valence-electron chi connectivity index (χ1n) is 10.7. The van der Waals surface area contributed by atoms with Crippen molar-refractivity contribution < 1.29 is 13.6 Å². The van der Waals surface area contributed by atoms with Crippen molar-refractivity contribution in [1.29, 1.82) is 0 Å². The minimum Gasteiger partial charge on any atom is -0.461 e. The van der Waals surface area contributed by atoms with Gasteiger partial charge in [-0.25, -0.2) is 9.99 Å². The molecule has 0 bridgehead atoms. The highest BCUT2D eigenvalue weighted by atomic mass is 16.4. The molecule has 5 rings (SSSR count). The molecule has 1 fully saturated rings. The lowest BCUT2D eigenvalue weighted by atomic mass is 9.96. The molecular weight excluding hydrogens is 404 g/mol. The molecule has 162 valence electrons. The van der Waals surface area contributed by atoms with Gasteiger partial charge in [0.15, 0.2) is 17.8 Å². The number of carbonyl (C=O) groups excluding carboxylic acids is 1. The van der Waals surface area contributed by atoms with Crippen LogP contribution in [0, 0.1) is 0 Å². The van der Waals surface area contributed by atoms with Crippen LogP contribution in [0.1, 0.15) is 27.7 Å². The van der Waals surface area contributed by atoms with E-state index >= 15 is 0 Å². The molecule has 0 atom stereocenters. The molecule has 32 heavy (non-hydrogen) atoms. The SMILES string of the molecule is O=C(NN1CCN(C(c2ccccc2)c2ccccc2)CC1)c1ncoc1-c1ccco1. The second-order valence-corrected chi connectivity index (χ2v) is 7.70. The third kappa shape index (κ3) is 4.21. The van der Waals surface area contributed by atoms with Crippen molar-refractivity contribution in [3.63, 3.8) is 0 Å². The molecule has 0 spiro atoms. The summed E-state index contributed by atoms with van der Waals surface area (Å²) in [5.74, 6) is 0.506. The van der Waals surface area contributed by atoms with Gasteiger partial charge in [0.2, 0.25) is 5.76 Å². The summed E-state index contributed by atoms with van der Waals surface area (Å²) in [6, 6.07) is 24.8. The molecule has 2 aromatic carbocycles. The van der Waals surface area contributed by atoms with Crippen LogP contribution >= 0.6 is 0 Å². The monoisotopic (exact) mass is 428 g/mol. The fourth-order valence-corrected chi connectivity index (χ4v) is 4.16. The Hall–Kier alpha value is -3.68. The van der Waals surface area contributed by atoms with E-state index in [2.05, 4.69) is 63.8 Å². The number of nitrogens with zero attached hydrogens (tertiary/aromatic N) is 3. The molecule has 1 amide bonds. The van der Waals surface area contributed by atoms with Crippen LogP contribution in [0.4, 0.5) is 0 Å². The average Bonchev–Trinajstić information content (AvgIpc) is 3.54. The number of hydrogen-bond donors (Lipinski definition) is 1. The molecule has 0 aliphatic carbocycles. The van der Waals surface area contributed by atoms with Crippen molar-refractivity contribution in [3.05, 3.63) is 102 Å². The van der Waals surface area contributed by atoms with Gasteiger partial charge in [-0.15, -0.1) is 0 Å². The van der Waals surface area contributed by atoms with Gasteiger partial charge in [-0.05, 0) is 23.3 Å². The third-order valence-corrected chi connectivity index (χ3v) is 5.70. The Kier molecular flexibility index (Phi) is 5.83. The van der Waals surface area contributed by atoms with Crippen LogP contribution < -0.4 is 5.43 Å². The van der Waals surface area contributed by atoms with Gasteiger partial charge in [0, 0.05) is 26.2 Å². The van der Waals surface area contributed by atoms with Crippen LogP contribution in [0.5, 0.6) is 0 Å². The molecule has 1 saturated heterocycles. The first-order chi connectivity index (χ1) is 15.8. The van der Waals surface area contributed by atoms with Crippen LogP contribution in [0.15, 0.2) is 94.3 Å². The first-order valence-corrected chi connectivity index (χ1v) is 10.7. The van der Waals surface area contributed by atoms with Crippen molar-refractivity contribution in [2.24, 2.45) is 0 Å². The number of amides is 1. The van der Waals surface area contributed by atoms with E-state index in [0.717, 1.165) is 13.1 Å². The Balaban J connectivity index is 1.27. The molecule has 0 unspecified atom stereocenters. The van der Waals surface area contributed by atoms with Crippen molar-refractivity contribution >= 4 is 5.91 Å². The summed E-state index contributed by atoms with van der Waals surface area (Å²) in [7, 11) is 0. The topological polar surface area (TPSA) is 74.8 Å². The van der Waals surface area contributed by atoms with Crippen molar-refractivity contribution in [2.45, 2.75) is 6.04 Å². The molecule has 3 heterocycles. The maximum Gasteiger partial charge on any atom is 0.288 e. The maximum atomic E-state index is 12.8. The minimum atomic E-state index is -0.304. The fourth-order valence-electron chi connectivity index (χ4n) is 4.16. The second kappa shape index (κ2) is 9.21. The predicted molar refractivity (Wildman–Crippen MR) is 120 cm³/mol. The maximum absolute atomic E-state index is 12.8. The number of carbonyl (C=O) groups is 1. The summed E-state index contributed by atoms with van der Waals surface area (Å²) in [6.45, 7) is 3.04. The van der Waals surface area contributed by atoms with Gasteiger partial charge in [0.05, 0.1) is 12.3 Å². The summed E-state index contributed by atoms with van der Waals surface area (Å²) >= 11 is 0. The number of rotatable bonds is 6. The molecule has 7 heteroatoms. The molecule has 1 aliphatic heterocycles. The number of benzene rings is 2. The van der Waals surface area contributed by atoms with Gasteiger partial charge >= 0.3 is 0 Å². The molecule has 4 aromatic rings. The Labute approximate surface area is 186 Å². The van der Waals surface area contributed by atoms with Crippen LogP contribution in [-0.4, -0.2) is 47.0 Å². The molecule has 2 aromatic heterocycles. The van der Waals surface area contributed by atoms with Crippen molar-refractivity contribution in [1.82, 2.24) is 20.3 Å². The summed E-state index contributed by atoms with van der Waals surface area (Å²) in [5.41, 5.74) is 5.71. The molecular formula is C25H24N4O3. The van der Waals surface area contributed by atoms with E-state index in [9.17, 15) is 4.79 Å². The van der Waals surface area contributed by atoms with E-state index in [1.807, 2.05) is 17.1 Å². The number of hydrazine groups is 1. The number of hydrogen-bond acceptors (Lipinski definition) is 6. The van der Waals surface area contributed by atoms with E-state index < -0.39 is 0 Å². The zero-order chi connectivity index (χ0) is 21.8. The largest absolute Gasteiger partial charge is 0.461 e. The lowest BCUT2D eigenvalue weighted by Gasteiger charge is -2.39. The normalized spacial score (nSPS) is 15.2. The average molecular weight is 428 g/mol. The quantitative estimate of drug-likeness (QED) is 0.501. The van der Waals surface area contributed by atoms with Crippen LogP contribution in [-0.2, 0) is 0 Å². The van der Waals surface area contributed by atoms with Gasteiger partial charge in [-0.1, -0.05) is 60.7 Å². The first kappa shape index (κ1) is 20.2. The predicted octanol–water partition coefficient (Wildman–Crippen LogP) is 3.99. The molecule has 0 radical (unpaired) electrons. The zero-order valence-corrected chi connectivity index (χ0v) is 17.6. The summed E-state index contributed by atoms with van der Waals surface area (Å²) < 4.78 is 10.7. The smallest absolute Gasteiger partial charge is 0.288 e. The summed E-state index contributed by atoms with van der Waals surface area (Å²) in [4.78, 5) is 19.4. The standard InChI is InChI=1S/C25H24N4O3/c30-25(22-24(32-18-26-22)21-12-7-17-31-21)27-29-15-13-28(14-16-29)23(19-8-3-1-4-9-19)20-10-5-2-6-11-20/h1-12,17-18,23H,13-16H2,(H,27,30). The van der Waals surface area contributed by atoms with Gasteiger partial charge < -0.3 is 8.83 Å². The lowest BCUT2D eigenvalue weighted by molar-refractivity contribution is 0.0550. The fraction of sp³-hybridized carbons (Fsp3) is 0.200. The number of piperazine rings is 1. The second-order valence-electron chi connectivity index (χ2n) is 7.70. The van der Waals surface area contributed by atoms with Gasteiger partial charge in [-0.2, -0.15) is 0 Å². The summed E-state index contributed by atoms with van der Waals surface area (Å²) in [5, 5.41) is 1.94. The highest BCUT2D eigenvalue weighted by Gasteiger charge is 2.28. The number of nitrogens with one attached hydrogen (secondary N) is 1. The van der Waals surface area contributed by atoms with Crippen LogP contribution in [0.3, 0.4) is 0 Å². The summed E-state index contributed by atoms with van der Waals surface area (Å²) in [6.07, 6.45) is 2.80. The van der Waals surface area contributed by atoms with E-state index in [0.29, 0.717) is 24.6 Å². The van der Waals surface area contributed by atoms with E-state index in [1.54, 1.807) is 12.1 Å². The highest BCUT2D eigenvalue weighted by Crippen LogP contribution is 2.29. The lowest BCUT2D eigenvalue weighted by Crippen LogP contribution is -2.54. The van der Waals surface area contributed by atoms with Gasteiger partial charge in [0.25, 0.3) is 5.91 Å². The van der Waals surface area contributed by atoms with Gasteiger partial charge in [-0.3, -0.25) is 15.1 Å². The number of oxazole rings is 1. The molecule has 0 saturated carbocycles. The third-order valence-electron chi connectivity index (χ3n) is 5.70. The number of aromatic nitrogens is 1.